The van der Waals surface area contributed by atoms with E-state index < -0.39 is 6.04 Å². The third-order valence-electron chi connectivity index (χ3n) is 3.49. The second-order valence-corrected chi connectivity index (χ2v) is 5.21. The van der Waals surface area contributed by atoms with Crippen LogP contribution in [0.15, 0.2) is 30.6 Å². The van der Waals surface area contributed by atoms with Gasteiger partial charge in [-0.1, -0.05) is 0 Å². The number of fused-ring (bicyclic) bond motifs is 1. The zero-order chi connectivity index (χ0) is 16.4. The van der Waals surface area contributed by atoms with Gasteiger partial charge >= 0.3 is 0 Å². The number of amides is 2. The maximum Gasteiger partial charge on any atom is 0.262 e. The third kappa shape index (κ3) is 3.16. The number of aryl methyl sites for hydroxylation is 1. The van der Waals surface area contributed by atoms with Crippen LogP contribution in [-0.4, -0.2) is 35.2 Å². The fraction of sp³-hybridized carbons (Fsp3) is 0.267. The van der Waals surface area contributed by atoms with E-state index in [-0.39, 0.29) is 18.4 Å². The van der Waals surface area contributed by atoms with Gasteiger partial charge in [-0.15, -0.1) is 0 Å². The lowest BCUT2D eigenvalue weighted by molar-refractivity contribution is -0.119. The first kappa shape index (κ1) is 15.0. The van der Waals surface area contributed by atoms with Crippen LogP contribution in [0.3, 0.4) is 0 Å². The summed E-state index contributed by atoms with van der Waals surface area (Å²) >= 11 is 0. The van der Waals surface area contributed by atoms with Gasteiger partial charge in [0, 0.05) is 30.6 Å². The first-order valence-electron chi connectivity index (χ1n) is 7.10. The molecule has 120 valence electrons. The predicted octanol–water partition coefficient (Wildman–Crippen LogP) is 0.650. The van der Waals surface area contributed by atoms with Crippen molar-refractivity contribution in [2.24, 2.45) is 7.05 Å². The molecule has 1 aliphatic rings. The van der Waals surface area contributed by atoms with Crippen LogP contribution < -0.4 is 20.7 Å². The summed E-state index contributed by atoms with van der Waals surface area (Å²) < 4.78 is 6.98. The van der Waals surface area contributed by atoms with Gasteiger partial charge in [0.2, 0.25) is 5.91 Å². The van der Waals surface area contributed by atoms with Gasteiger partial charge in [0.1, 0.15) is 11.8 Å². The van der Waals surface area contributed by atoms with E-state index in [0.717, 1.165) is 5.56 Å². The zero-order valence-electron chi connectivity index (χ0n) is 12.8. The summed E-state index contributed by atoms with van der Waals surface area (Å²) in [5.74, 6) is 0.131. The largest absolute Gasteiger partial charge is 0.482 e. The Labute approximate surface area is 132 Å². The molecule has 3 N–H and O–H groups in total. The molecule has 2 aromatic rings. The minimum Gasteiger partial charge on any atom is -0.482 e. The van der Waals surface area contributed by atoms with Crippen molar-refractivity contribution in [2.75, 3.05) is 24.3 Å². The summed E-state index contributed by atoms with van der Waals surface area (Å²) in [6, 6.07) is 4.57. The van der Waals surface area contributed by atoms with Crippen LogP contribution in [0.5, 0.6) is 5.75 Å². The first-order chi connectivity index (χ1) is 11.1. The molecular formula is C15H17N5O3. The van der Waals surface area contributed by atoms with Crippen molar-refractivity contribution >= 4 is 23.2 Å². The van der Waals surface area contributed by atoms with Gasteiger partial charge in [0.15, 0.2) is 6.61 Å². The third-order valence-corrected chi connectivity index (χ3v) is 3.49. The fourth-order valence-electron chi connectivity index (χ4n) is 2.41. The number of rotatable bonds is 4. The Kier molecular flexibility index (Phi) is 3.98. The quantitative estimate of drug-likeness (QED) is 0.770. The predicted molar refractivity (Wildman–Crippen MR) is 84.2 cm³/mol. The van der Waals surface area contributed by atoms with E-state index >= 15 is 0 Å². The molecule has 1 atom stereocenters. The molecule has 8 heteroatoms. The number of ether oxygens (including phenoxy) is 1. The summed E-state index contributed by atoms with van der Waals surface area (Å²) in [6.45, 7) is -0.0285. The Bertz CT molecular complexity index is 755. The number of nitrogens with zero attached hydrogens (tertiary/aromatic N) is 2. The number of nitrogens with one attached hydrogen (secondary N) is 3. The Hall–Kier alpha value is -2.87. The van der Waals surface area contributed by atoms with Gasteiger partial charge in [0.25, 0.3) is 5.91 Å². The lowest BCUT2D eigenvalue weighted by atomic mass is 10.1. The van der Waals surface area contributed by atoms with Gasteiger partial charge in [-0.25, -0.2) is 0 Å². The molecule has 2 amide bonds. The van der Waals surface area contributed by atoms with Crippen LogP contribution in [0.4, 0.5) is 11.4 Å². The molecule has 1 aliphatic heterocycles. The van der Waals surface area contributed by atoms with Gasteiger partial charge in [-0.3, -0.25) is 14.3 Å². The number of likely N-dealkylation sites (N-methyl/N-ethyl adjacent to an activating group) is 1. The van der Waals surface area contributed by atoms with E-state index in [9.17, 15) is 9.59 Å². The first-order valence-corrected chi connectivity index (χ1v) is 7.10. The van der Waals surface area contributed by atoms with Crippen LogP contribution >= 0.6 is 0 Å². The second kappa shape index (κ2) is 6.09. The summed E-state index contributed by atoms with van der Waals surface area (Å²) in [4.78, 5) is 23.7. The van der Waals surface area contributed by atoms with Crippen LogP contribution in [-0.2, 0) is 16.6 Å². The minimum atomic E-state index is -0.514. The normalized spacial score (nSPS) is 14.4. The highest BCUT2D eigenvalue weighted by molar-refractivity contribution is 5.98. The van der Waals surface area contributed by atoms with Crippen molar-refractivity contribution in [2.45, 2.75) is 6.04 Å². The molecule has 0 fully saturated rings. The van der Waals surface area contributed by atoms with Crippen LogP contribution in [0.1, 0.15) is 11.6 Å². The van der Waals surface area contributed by atoms with Gasteiger partial charge in [-0.05, 0) is 19.2 Å². The SMILES string of the molecule is CNC(C(=O)Nc1ccc2c(c1)OCC(=O)N2)c1cnn(C)c1. The molecule has 0 aliphatic carbocycles. The standard InChI is InChI=1S/C15H17N5O3/c1-16-14(9-6-17-20(2)7-9)15(22)18-10-3-4-11-12(5-10)23-8-13(21)19-11/h3-7,14,16H,8H2,1-2H3,(H,18,22)(H,19,21). The number of hydrogen-bond acceptors (Lipinski definition) is 5. The van der Waals surface area contributed by atoms with Crippen molar-refractivity contribution in [3.8, 4) is 5.75 Å². The van der Waals surface area contributed by atoms with E-state index in [2.05, 4.69) is 21.0 Å². The molecule has 1 aromatic heterocycles. The molecule has 0 saturated heterocycles. The Morgan fingerprint density at radius 3 is 3.00 bits per heavy atom. The summed E-state index contributed by atoms with van der Waals surface area (Å²) in [6.07, 6.45) is 3.43. The minimum absolute atomic E-state index is 0.0285. The number of anilines is 2. The van der Waals surface area contributed by atoms with Crippen LogP contribution in [0.25, 0.3) is 0 Å². The van der Waals surface area contributed by atoms with E-state index in [4.69, 9.17) is 4.74 Å². The molecular weight excluding hydrogens is 298 g/mol. The molecule has 23 heavy (non-hydrogen) atoms. The molecule has 1 aromatic carbocycles. The summed E-state index contributed by atoms with van der Waals surface area (Å²) in [5, 5.41) is 12.6. The van der Waals surface area contributed by atoms with Crippen LogP contribution in [0.2, 0.25) is 0 Å². The highest BCUT2D eigenvalue weighted by atomic mass is 16.5. The molecule has 0 spiro atoms. The number of hydrogen-bond donors (Lipinski definition) is 3. The lowest BCUT2D eigenvalue weighted by Gasteiger charge is -2.19. The Morgan fingerprint density at radius 2 is 2.30 bits per heavy atom. The van der Waals surface area contributed by atoms with Crippen molar-refractivity contribution in [3.63, 3.8) is 0 Å². The van der Waals surface area contributed by atoms with Crippen LogP contribution in [0, 0.1) is 0 Å². The molecule has 0 radical (unpaired) electrons. The maximum atomic E-state index is 12.5. The number of aromatic nitrogens is 2. The average molecular weight is 315 g/mol. The van der Waals surface area contributed by atoms with Gasteiger partial charge < -0.3 is 20.7 Å². The number of carbonyl (C=O) groups excluding carboxylic acids is 2. The highest BCUT2D eigenvalue weighted by Gasteiger charge is 2.21. The summed E-state index contributed by atoms with van der Waals surface area (Å²) in [7, 11) is 3.51. The number of carbonyl (C=O) groups is 2. The topological polar surface area (TPSA) is 97.3 Å². The Balaban J connectivity index is 1.75. The van der Waals surface area contributed by atoms with Crippen molar-refractivity contribution in [3.05, 3.63) is 36.2 Å². The van der Waals surface area contributed by atoms with Crippen molar-refractivity contribution in [1.82, 2.24) is 15.1 Å². The van der Waals surface area contributed by atoms with E-state index in [1.165, 1.54) is 0 Å². The number of benzene rings is 1. The molecule has 0 saturated carbocycles. The lowest BCUT2D eigenvalue weighted by Crippen LogP contribution is -2.30. The van der Waals surface area contributed by atoms with Crippen molar-refractivity contribution < 1.29 is 14.3 Å². The molecule has 3 rings (SSSR count). The van der Waals surface area contributed by atoms with Crippen molar-refractivity contribution in [1.29, 1.82) is 0 Å². The average Bonchev–Trinajstić information content (AvgIpc) is 2.94. The highest BCUT2D eigenvalue weighted by Crippen LogP contribution is 2.30. The molecule has 0 bridgehead atoms. The molecule has 1 unspecified atom stereocenters. The fourth-order valence-corrected chi connectivity index (χ4v) is 2.41. The smallest absolute Gasteiger partial charge is 0.262 e. The Morgan fingerprint density at radius 1 is 1.48 bits per heavy atom. The zero-order valence-corrected chi connectivity index (χ0v) is 12.8. The summed E-state index contributed by atoms with van der Waals surface area (Å²) in [5.41, 5.74) is 1.96. The van der Waals surface area contributed by atoms with E-state index in [1.807, 2.05) is 0 Å². The van der Waals surface area contributed by atoms with E-state index in [1.54, 1.807) is 49.4 Å². The van der Waals surface area contributed by atoms with Gasteiger partial charge in [0.05, 0.1) is 11.9 Å². The maximum absolute atomic E-state index is 12.5. The second-order valence-electron chi connectivity index (χ2n) is 5.21. The van der Waals surface area contributed by atoms with Gasteiger partial charge in [-0.2, -0.15) is 5.10 Å². The molecule has 8 nitrogen and oxygen atoms in total. The van der Waals surface area contributed by atoms with E-state index in [0.29, 0.717) is 17.1 Å². The molecule has 2 heterocycles. The monoisotopic (exact) mass is 315 g/mol.